The fourth-order valence-electron chi connectivity index (χ4n) is 3.35. The highest BCUT2D eigenvalue weighted by molar-refractivity contribution is 5.93. The van der Waals surface area contributed by atoms with Crippen LogP contribution in [-0.4, -0.2) is 54.6 Å². The van der Waals surface area contributed by atoms with E-state index in [4.69, 9.17) is 0 Å². The molecule has 0 aromatic carbocycles. The quantitative estimate of drug-likeness (QED) is 0.745. The first-order chi connectivity index (χ1) is 13.1. The molecule has 27 heavy (non-hydrogen) atoms. The van der Waals surface area contributed by atoms with Crippen molar-refractivity contribution in [3.63, 3.8) is 0 Å². The molecule has 9 nitrogen and oxygen atoms in total. The normalized spacial score (nSPS) is 17.4. The average molecular weight is 366 g/mol. The summed E-state index contributed by atoms with van der Waals surface area (Å²) in [7, 11) is 0. The molecule has 1 aliphatic rings. The molecule has 0 spiro atoms. The van der Waals surface area contributed by atoms with Gasteiger partial charge in [0.1, 0.15) is 12.0 Å². The lowest BCUT2D eigenvalue weighted by molar-refractivity contribution is 0.0928. The Morgan fingerprint density at radius 1 is 1.26 bits per heavy atom. The predicted octanol–water partition coefficient (Wildman–Crippen LogP) is 1.44. The van der Waals surface area contributed by atoms with Gasteiger partial charge in [0, 0.05) is 31.5 Å². The summed E-state index contributed by atoms with van der Waals surface area (Å²) >= 11 is 0. The second-order valence-corrected chi connectivity index (χ2v) is 7.00. The lowest BCUT2D eigenvalue weighted by Crippen LogP contribution is -2.48. The van der Waals surface area contributed by atoms with Gasteiger partial charge in [-0.05, 0) is 30.9 Å². The maximum Gasteiger partial charge on any atom is 0.270 e. The van der Waals surface area contributed by atoms with E-state index in [1.807, 2.05) is 0 Å². The highest BCUT2D eigenvalue weighted by Gasteiger charge is 2.24. The van der Waals surface area contributed by atoms with Crippen molar-refractivity contribution >= 4 is 17.6 Å². The number of piperidine rings is 1. The van der Waals surface area contributed by atoms with E-state index in [1.165, 1.54) is 6.33 Å². The van der Waals surface area contributed by atoms with E-state index in [9.17, 15) is 4.79 Å². The minimum absolute atomic E-state index is 0.0217. The van der Waals surface area contributed by atoms with Gasteiger partial charge in [-0.25, -0.2) is 19.5 Å². The van der Waals surface area contributed by atoms with Crippen LogP contribution in [0.4, 0.5) is 5.95 Å². The number of carbonyl (C=O) groups is 1. The van der Waals surface area contributed by atoms with Crippen LogP contribution in [0.5, 0.6) is 0 Å². The number of nitrogens with zero attached hydrogens (tertiary/aromatic N) is 7. The van der Waals surface area contributed by atoms with Crippen LogP contribution in [0.1, 0.15) is 48.8 Å². The van der Waals surface area contributed by atoms with Gasteiger partial charge in [-0.3, -0.25) is 4.79 Å². The Hall–Kier alpha value is -3.10. The monoisotopic (exact) mass is 366 g/mol. The number of hydrogen-bond donors (Lipinski definition) is 1. The van der Waals surface area contributed by atoms with E-state index in [-0.39, 0.29) is 17.9 Å². The van der Waals surface area contributed by atoms with E-state index in [1.54, 1.807) is 29.0 Å². The van der Waals surface area contributed by atoms with Crippen molar-refractivity contribution in [1.82, 2.24) is 34.9 Å². The van der Waals surface area contributed by atoms with Crippen LogP contribution in [0.3, 0.4) is 0 Å². The van der Waals surface area contributed by atoms with Crippen molar-refractivity contribution in [3.05, 3.63) is 42.2 Å². The molecule has 1 saturated heterocycles. The second kappa shape index (κ2) is 7.26. The minimum Gasteiger partial charge on any atom is -0.346 e. The molecule has 140 valence electrons. The molecular formula is C18H22N8O. The summed E-state index contributed by atoms with van der Waals surface area (Å²) < 4.78 is 1.68. The third-order valence-corrected chi connectivity index (χ3v) is 4.70. The van der Waals surface area contributed by atoms with Gasteiger partial charge in [-0.2, -0.15) is 10.1 Å². The number of rotatable bonds is 4. The van der Waals surface area contributed by atoms with Crippen LogP contribution in [0.25, 0.3) is 5.78 Å². The number of carbonyl (C=O) groups excluding carboxylic acids is 1. The smallest absolute Gasteiger partial charge is 0.270 e. The number of amides is 1. The van der Waals surface area contributed by atoms with Crippen molar-refractivity contribution < 1.29 is 4.79 Å². The third kappa shape index (κ3) is 3.57. The van der Waals surface area contributed by atoms with Crippen molar-refractivity contribution in [3.8, 4) is 0 Å². The minimum atomic E-state index is -0.191. The van der Waals surface area contributed by atoms with Crippen LogP contribution in [0.15, 0.2) is 30.9 Å². The summed E-state index contributed by atoms with van der Waals surface area (Å²) in [5.74, 6) is 1.14. The number of fused-ring (bicyclic) bond motifs is 1. The fourth-order valence-corrected chi connectivity index (χ4v) is 3.35. The molecule has 9 heteroatoms. The van der Waals surface area contributed by atoms with Gasteiger partial charge in [-0.1, -0.05) is 13.8 Å². The van der Waals surface area contributed by atoms with Crippen LogP contribution < -0.4 is 10.2 Å². The SMILES string of the molecule is CC(C)c1cc(C(=O)N[C@H]2CCCN(c3ncccn3)C2)nc2ncnn12. The molecule has 1 amide bonds. The number of hydrogen-bond acceptors (Lipinski definition) is 7. The van der Waals surface area contributed by atoms with Gasteiger partial charge in [0.25, 0.3) is 11.7 Å². The van der Waals surface area contributed by atoms with Gasteiger partial charge < -0.3 is 10.2 Å². The molecule has 3 aromatic rings. The number of aromatic nitrogens is 6. The Kier molecular flexibility index (Phi) is 4.66. The topological polar surface area (TPSA) is 101 Å². The van der Waals surface area contributed by atoms with Gasteiger partial charge in [0.2, 0.25) is 5.95 Å². The zero-order chi connectivity index (χ0) is 18.8. The third-order valence-electron chi connectivity index (χ3n) is 4.70. The molecule has 1 N–H and O–H groups in total. The average Bonchev–Trinajstić information content (AvgIpc) is 3.16. The summed E-state index contributed by atoms with van der Waals surface area (Å²) in [5, 5.41) is 7.29. The molecule has 3 aromatic heterocycles. The van der Waals surface area contributed by atoms with Crippen LogP contribution in [0.2, 0.25) is 0 Å². The summed E-state index contributed by atoms with van der Waals surface area (Å²) in [6.45, 7) is 5.67. The van der Waals surface area contributed by atoms with Gasteiger partial charge in [0.05, 0.1) is 5.69 Å². The molecule has 4 rings (SSSR count). The van der Waals surface area contributed by atoms with Crippen LogP contribution in [-0.2, 0) is 0 Å². The van der Waals surface area contributed by atoms with Crippen molar-refractivity contribution in [2.45, 2.75) is 38.6 Å². The number of nitrogens with one attached hydrogen (secondary N) is 1. The summed E-state index contributed by atoms with van der Waals surface area (Å²) in [6.07, 6.45) is 6.80. The first-order valence-corrected chi connectivity index (χ1v) is 9.15. The van der Waals surface area contributed by atoms with Gasteiger partial charge in [0.15, 0.2) is 0 Å². The Morgan fingerprint density at radius 3 is 2.85 bits per heavy atom. The molecular weight excluding hydrogens is 344 g/mol. The first-order valence-electron chi connectivity index (χ1n) is 9.15. The van der Waals surface area contributed by atoms with Crippen LogP contribution >= 0.6 is 0 Å². The molecule has 4 heterocycles. The van der Waals surface area contributed by atoms with E-state index >= 15 is 0 Å². The van der Waals surface area contributed by atoms with E-state index in [0.29, 0.717) is 24.0 Å². The highest BCUT2D eigenvalue weighted by atomic mass is 16.2. The summed E-state index contributed by atoms with van der Waals surface area (Å²) in [5.41, 5.74) is 1.28. The zero-order valence-electron chi connectivity index (χ0n) is 15.4. The predicted molar refractivity (Wildman–Crippen MR) is 99.6 cm³/mol. The molecule has 1 atom stereocenters. The maximum atomic E-state index is 12.8. The first kappa shape index (κ1) is 17.3. The van der Waals surface area contributed by atoms with Crippen molar-refractivity contribution in [1.29, 1.82) is 0 Å². The zero-order valence-corrected chi connectivity index (χ0v) is 15.4. The van der Waals surface area contributed by atoms with E-state index < -0.39 is 0 Å². The lowest BCUT2D eigenvalue weighted by atomic mass is 10.1. The molecule has 0 radical (unpaired) electrons. The van der Waals surface area contributed by atoms with Crippen molar-refractivity contribution in [2.75, 3.05) is 18.0 Å². The Morgan fingerprint density at radius 2 is 2.07 bits per heavy atom. The molecule has 0 aliphatic carbocycles. The Balaban J connectivity index is 1.51. The molecule has 0 saturated carbocycles. The highest BCUT2D eigenvalue weighted by Crippen LogP contribution is 2.18. The Bertz CT molecular complexity index is 939. The van der Waals surface area contributed by atoms with Gasteiger partial charge >= 0.3 is 0 Å². The standard InChI is InChI=1S/C18H22N8O/c1-12(2)15-9-14(24-18-21-11-22-26(15)18)16(27)23-13-5-3-8-25(10-13)17-19-6-4-7-20-17/h4,6-7,9,11-13H,3,5,8,10H2,1-2H3,(H,23,27)/t13-/m0/s1. The summed E-state index contributed by atoms with van der Waals surface area (Å²) in [4.78, 5) is 32.0. The fraction of sp³-hybridized carbons (Fsp3) is 0.444. The molecule has 1 aliphatic heterocycles. The molecule has 1 fully saturated rings. The molecule has 0 bridgehead atoms. The van der Waals surface area contributed by atoms with Gasteiger partial charge in [-0.15, -0.1) is 0 Å². The lowest BCUT2D eigenvalue weighted by Gasteiger charge is -2.33. The van der Waals surface area contributed by atoms with Crippen molar-refractivity contribution in [2.24, 2.45) is 0 Å². The second-order valence-electron chi connectivity index (χ2n) is 7.00. The largest absolute Gasteiger partial charge is 0.346 e. The number of anilines is 1. The molecule has 0 unspecified atom stereocenters. The maximum absolute atomic E-state index is 12.8. The van der Waals surface area contributed by atoms with Crippen LogP contribution in [0, 0.1) is 0 Å². The van der Waals surface area contributed by atoms with E-state index in [2.05, 4.69) is 49.1 Å². The Labute approximate surface area is 156 Å². The van der Waals surface area contributed by atoms with E-state index in [0.717, 1.165) is 25.1 Å². The summed E-state index contributed by atoms with van der Waals surface area (Å²) in [6, 6.07) is 3.61.